The van der Waals surface area contributed by atoms with Gasteiger partial charge in [0.05, 0.1) is 17.7 Å². The van der Waals surface area contributed by atoms with Gasteiger partial charge in [0, 0.05) is 0 Å². The molecule has 1 atom stereocenters. The van der Waals surface area contributed by atoms with E-state index in [1.165, 1.54) is 0 Å². The molecule has 0 aliphatic rings. The van der Waals surface area contributed by atoms with E-state index < -0.39 is 6.10 Å². The van der Waals surface area contributed by atoms with Crippen molar-refractivity contribution in [3.63, 3.8) is 0 Å². The maximum atomic E-state index is 9.81. The topological polar surface area (TPSA) is 44.0 Å². The van der Waals surface area contributed by atoms with E-state index in [2.05, 4.69) is 6.07 Å². The summed E-state index contributed by atoms with van der Waals surface area (Å²) in [5.41, 5.74) is 1.49. The number of benzene rings is 1. The molecule has 0 saturated carbocycles. The van der Waals surface area contributed by atoms with Crippen LogP contribution in [-0.4, -0.2) is 11.2 Å². The van der Waals surface area contributed by atoms with E-state index in [9.17, 15) is 5.11 Å². The first-order chi connectivity index (χ1) is 7.43. The molecule has 2 nitrogen and oxygen atoms in total. The van der Waals surface area contributed by atoms with Gasteiger partial charge in [0.15, 0.2) is 0 Å². The zero-order chi connectivity index (χ0) is 12.2. The van der Waals surface area contributed by atoms with Crippen molar-refractivity contribution >= 4 is 6.08 Å². The lowest BCUT2D eigenvalue weighted by Crippen LogP contribution is -2.23. The second kappa shape index (κ2) is 4.96. The van der Waals surface area contributed by atoms with Gasteiger partial charge in [-0.1, -0.05) is 45.1 Å². The average Bonchev–Trinajstić information content (AvgIpc) is 2.25. The molecule has 16 heavy (non-hydrogen) atoms. The van der Waals surface area contributed by atoms with Crippen molar-refractivity contribution in [2.45, 2.75) is 26.9 Å². The standard InChI is InChI=1S/C14H17NO/c1-14(2,3)13(16)9-8-11-4-6-12(10-15)7-5-11/h4-9,13,16H,1-3H3/b9-8+. The average molecular weight is 215 g/mol. The molecule has 0 amide bonds. The molecule has 0 heterocycles. The van der Waals surface area contributed by atoms with E-state index in [1.54, 1.807) is 18.2 Å². The fourth-order valence-electron chi connectivity index (χ4n) is 1.16. The molecule has 84 valence electrons. The summed E-state index contributed by atoms with van der Waals surface area (Å²) in [6.07, 6.45) is 3.18. The minimum atomic E-state index is -0.469. The quantitative estimate of drug-likeness (QED) is 0.824. The van der Waals surface area contributed by atoms with Gasteiger partial charge < -0.3 is 5.11 Å². The zero-order valence-electron chi connectivity index (χ0n) is 9.94. The van der Waals surface area contributed by atoms with Gasteiger partial charge in [-0.25, -0.2) is 0 Å². The van der Waals surface area contributed by atoms with Crippen molar-refractivity contribution in [2.75, 3.05) is 0 Å². The fraction of sp³-hybridized carbons (Fsp3) is 0.357. The lowest BCUT2D eigenvalue weighted by atomic mass is 9.89. The number of hydrogen-bond donors (Lipinski definition) is 1. The Bertz CT molecular complexity index is 404. The predicted octanol–water partition coefficient (Wildman–Crippen LogP) is 2.98. The summed E-state index contributed by atoms with van der Waals surface area (Å²) in [5.74, 6) is 0. The highest BCUT2D eigenvalue weighted by molar-refractivity contribution is 5.51. The Balaban J connectivity index is 2.74. The van der Waals surface area contributed by atoms with Crippen molar-refractivity contribution < 1.29 is 5.11 Å². The number of aliphatic hydroxyl groups is 1. The molecule has 1 rings (SSSR count). The number of hydrogen-bond acceptors (Lipinski definition) is 2. The molecule has 1 aromatic carbocycles. The second-order valence-corrected chi connectivity index (χ2v) is 4.90. The summed E-state index contributed by atoms with van der Waals surface area (Å²) < 4.78 is 0. The molecule has 1 aromatic rings. The Hall–Kier alpha value is -1.59. The van der Waals surface area contributed by atoms with Crippen molar-refractivity contribution in [2.24, 2.45) is 5.41 Å². The SMILES string of the molecule is CC(C)(C)C(O)/C=C/c1ccc(C#N)cc1. The molecule has 0 saturated heterocycles. The van der Waals surface area contributed by atoms with E-state index in [-0.39, 0.29) is 5.41 Å². The van der Waals surface area contributed by atoms with Gasteiger partial charge in [0.25, 0.3) is 0 Å². The van der Waals surface area contributed by atoms with Crippen molar-refractivity contribution in [1.82, 2.24) is 0 Å². The Morgan fingerprint density at radius 2 is 1.81 bits per heavy atom. The Labute approximate surface area is 96.8 Å². The fourth-order valence-corrected chi connectivity index (χ4v) is 1.16. The number of nitriles is 1. The number of aliphatic hydroxyl groups excluding tert-OH is 1. The molecule has 0 spiro atoms. The first kappa shape index (κ1) is 12.5. The summed E-state index contributed by atoms with van der Waals surface area (Å²) in [6.45, 7) is 5.96. The molecule has 0 aliphatic heterocycles. The van der Waals surface area contributed by atoms with Crippen LogP contribution in [0, 0.1) is 16.7 Å². The molecule has 0 aliphatic carbocycles. The van der Waals surface area contributed by atoms with E-state index in [4.69, 9.17) is 5.26 Å². The van der Waals surface area contributed by atoms with Crippen molar-refractivity contribution in [3.05, 3.63) is 41.5 Å². The van der Waals surface area contributed by atoms with Gasteiger partial charge in [-0.2, -0.15) is 5.26 Å². The van der Waals surface area contributed by atoms with Gasteiger partial charge in [0.1, 0.15) is 0 Å². The van der Waals surface area contributed by atoms with Crippen LogP contribution in [0.5, 0.6) is 0 Å². The maximum Gasteiger partial charge on any atom is 0.0991 e. The Morgan fingerprint density at radius 1 is 1.25 bits per heavy atom. The van der Waals surface area contributed by atoms with E-state index in [0.29, 0.717) is 5.56 Å². The molecular weight excluding hydrogens is 198 g/mol. The molecule has 0 radical (unpaired) electrons. The Kier molecular flexibility index (Phi) is 3.87. The maximum absolute atomic E-state index is 9.81. The summed E-state index contributed by atoms with van der Waals surface area (Å²) >= 11 is 0. The molecule has 1 N–H and O–H groups in total. The molecule has 0 aromatic heterocycles. The summed E-state index contributed by atoms with van der Waals surface area (Å²) in [6, 6.07) is 9.33. The van der Waals surface area contributed by atoms with Crippen LogP contribution in [0.1, 0.15) is 31.9 Å². The van der Waals surface area contributed by atoms with Gasteiger partial charge >= 0.3 is 0 Å². The minimum absolute atomic E-state index is 0.150. The summed E-state index contributed by atoms with van der Waals surface area (Å²) in [7, 11) is 0. The third-order valence-electron chi connectivity index (χ3n) is 2.40. The largest absolute Gasteiger partial charge is 0.388 e. The second-order valence-electron chi connectivity index (χ2n) is 4.90. The molecule has 0 fully saturated rings. The molecule has 1 unspecified atom stereocenters. The van der Waals surface area contributed by atoms with Crippen LogP contribution in [0.4, 0.5) is 0 Å². The van der Waals surface area contributed by atoms with Crippen molar-refractivity contribution in [1.29, 1.82) is 5.26 Å². The molecule has 2 heteroatoms. The minimum Gasteiger partial charge on any atom is -0.388 e. The van der Waals surface area contributed by atoms with Crippen LogP contribution in [0.25, 0.3) is 6.08 Å². The summed E-state index contributed by atoms with van der Waals surface area (Å²) in [4.78, 5) is 0. The highest BCUT2D eigenvalue weighted by Gasteiger charge is 2.18. The monoisotopic (exact) mass is 215 g/mol. The van der Waals surface area contributed by atoms with Gasteiger partial charge in [0.2, 0.25) is 0 Å². The smallest absolute Gasteiger partial charge is 0.0991 e. The Morgan fingerprint density at radius 3 is 2.25 bits per heavy atom. The van der Waals surface area contributed by atoms with Crippen LogP contribution in [0.3, 0.4) is 0 Å². The van der Waals surface area contributed by atoms with Crippen LogP contribution in [0.2, 0.25) is 0 Å². The van der Waals surface area contributed by atoms with E-state index in [1.807, 2.05) is 39.0 Å². The van der Waals surface area contributed by atoms with Crippen LogP contribution < -0.4 is 0 Å². The van der Waals surface area contributed by atoms with Crippen LogP contribution in [-0.2, 0) is 0 Å². The van der Waals surface area contributed by atoms with E-state index >= 15 is 0 Å². The van der Waals surface area contributed by atoms with Gasteiger partial charge in [-0.05, 0) is 23.1 Å². The van der Waals surface area contributed by atoms with Crippen molar-refractivity contribution in [3.8, 4) is 6.07 Å². The third-order valence-corrected chi connectivity index (χ3v) is 2.40. The first-order valence-corrected chi connectivity index (χ1v) is 5.30. The third kappa shape index (κ3) is 3.52. The normalized spacial score (nSPS) is 13.7. The van der Waals surface area contributed by atoms with Gasteiger partial charge in [-0.3, -0.25) is 0 Å². The lowest BCUT2D eigenvalue weighted by molar-refractivity contribution is 0.106. The number of nitrogens with zero attached hydrogens (tertiary/aromatic N) is 1. The zero-order valence-corrected chi connectivity index (χ0v) is 9.94. The highest BCUT2D eigenvalue weighted by Crippen LogP contribution is 2.20. The predicted molar refractivity (Wildman–Crippen MR) is 65.7 cm³/mol. The number of rotatable bonds is 2. The molecule has 0 bridgehead atoms. The summed E-state index contributed by atoms with van der Waals surface area (Å²) in [5, 5.41) is 18.5. The van der Waals surface area contributed by atoms with E-state index in [0.717, 1.165) is 5.56 Å². The van der Waals surface area contributed by atoms with Crippen LogP contribution in [0.15, 0.2) is 30.3 Å². The molecular formula is C14H17NO. The van der Waals surface area contributed by atoms with Crippen LogP contribution >= 0.6 is 0 Å². The highest BCUT2D eigenvalue weighted by atomic mass is 16.3. The lowest BCUT2D eigenvalue weighted by Gasteiger charge is -2.22. The van der Waals surface area contributed by atoms with Gasteiger partial charge in [-0.15, -0.1) is 0 Å². The first-order valence-electron chi connectivity index (χ1n) is 5.30.